The Morgan fingerprint density at radius 2 is 1.97 bits per heavy atom. The molecule has 1 amide bonds. The van der Waals surface area contributed by atoms with Crippen molar-refractivity contribution in [2.45, 2.75) is 0 Å². The van der Waals surface area contributed by atoms with E-state index in [0.29, 0.717) is 23.2 Å². The number of hydrogen-bond donors (Lipinski definition) is 0. The summed E-state index contributed by atoms with van der Waals surface area (Å²) in [4.78, 5) is 21.8. The van der Waals surface area contributed by atoms with E-state index in [1.165, 1.54) is 11.3 Å². The van der Waals surface area contributed by atoms with Gasteiger partial charge in [0.05, 0.1) is 30.5 Å². The van der Waals surface area contributed by atoms with Crippen LogP contribution in [0.2, 0.25) is 0 Å². The number of methoxy groups -OCH3 is 1. The van der Waals surface area contributed by atoms with E-state index in [0.717, 1.165) is 43.1 Å². The first-order valence-electron chi connectivity index (χ1n) is 9.96. The summed E-state index contributed by atoms with van der Waals surface area (Å²) in [6, 6.07) is 15.2. The van der Waals surface area contributed by atoms with Gasteiger partial charge in [-0.3, -0.25) is 14.6 Å². The first kappa shape index (κ1) is 20.6. The number of anilines is 1. The second-order valence-electron chi connectivity index (χ2n) is 6.93. The summed E-state index contributed by atoms with van der Waals surface area (Å²) in [5.41, 5.74) is 0.899. The van der Waals surface area contributed by atoms with Crippen LogP contribution in [0, 0.1) is 0 Å². The zero-order valence-electron chi connectivity index (χ0n) is 17.0. The van der Waals surface area contributed by atoms with Crippen molar-refractivity contribution in [2.24, 2.45) is 0 Å². The molecule has 2 heterocycles. The predicted octanol–water partition coefficient (Wildman–Crippen LogP) is 3.05. The first-order chi connectivity index (χ1) is 14.7. The topological polar surface area (TPSA) is 64.1 Å². The highest BCUT2D eigenvalue weighted by atomic mass is 32.1. The smallest absolute Gasteiger partial charge is 0.266 e. The number of rotatable bonds is 8. The molecule has 8 heteroatoms. The number of fused-ring (bicyclic) bond motifs is 1. The molecule has 0 radical (unpaired) electrons. The molecule has 1 aliphatic heterocycles. The molecule has 7 nitrogen and oxygen atoms in total. The molecule has 30 heavy (non-hydrogen) atoms. The molecule has 0 aliphatic carbocycles. The van der Waals surface area contributed by atoms with Gasteiger partial charge in [-0.05, 0) is 24.3 Å². The molecule has 3 aromatic rings. The molecule has 0 N–H and O–H groups in total. The number of nitrogens with zero attached hydrogens (tertiary/aromatic N) is 3. The van der Waals surface area contributed by atoms with E-state index in [4.69, 9.17) is 14.2 Å². The van der Waals surface area contributed by atoms with Crippen LogP contribution in [0.3, 0.4) is 0 Å². The summed E-state index contributed by atoms with van der Waals surface area (Å²) >= 11 is 1.52. The molecule has 1 aliphatic rings. The lowest BCUT2D eigenvalue weighted by molar-refractivity contribution is -0.120. The highest BCUT2D eigenvalue weighted by Gasteiger charge is 2.22. The minimum Gasteiger partial charge on any atom is -0.497 e. The SMILES string of the molecule is COc1cccc(OCC(=O)N(CCN2CCOCC2)c2nc3ccccc3s2)c1. The van der Waals surface area contributed by atoms with E-state index in [9.17, 15) is 4.79 Å². The maximum atomic E-state index is 13.1. The lowest BCUT2D eigenvalue weighted by Crippen LogP contribution is -2.44. The van der Waals surface area contributed by atoms with E-state index < -0.39 is 0 Å². The van der Waals surface area contributed by atoms with E-state index in [2.05, 4.69) is 9.88 Å². The number of para-hydroxylation sites is 1. The van der Waals surface area contributed by atoms with Crippen LogP contribution < -0.4 is 14.4 Å². The number of ether oxygens (including phenoxy) is 3. The third-order valence-corrected chi connectivity index (χ3v) is 6.02. The molecular formula is C22H25N3O4S. The van der Waals surface area contributed by atoms with Crippen LogP contribution >= 0.6 is 11.3 Å². The Balaban J connectivity index is 1.48. The molecule has 0 unspecified atom stereocenters. The number of thiazole rings is 1. The summed E-state index contributed by atoms with van der Waals surface area (Å²) in [6.07, 6.45) is 0. The monoisotopic (exact) mass is 427 g/mol. The number of morpholine rings is 1. The number of hydrogen-bond acceptors (Lipinski definition) is 7. The van der Waals surface area contributed by atoms with E-state index in [1.807, 2.05) is 42.5 Å². The summed E-state index contributed by atoms with van der Waals surface area (Å²) < 4.78 is 17.5. The van der Waals surface area contributed by atoms with Crippen LogP contribution in [0.4, 0.5) is 5.13 Å². The van der Waals surface area contributed by atoms with Gasteiger partial charge in [0.15, 0.2) is 11.7 Å². The normalized spacial score (nSPS) is 14.6. The molecule has 1 saturated heterocycles. The first-order valence-corrected chi connectivity index (χ1v) is 10.8. The third-order valence-electron chi connectivity index (χ3n) is 4.96. The van der Waals surface area contributed by atoms with Gasteiger partial charge >= 0.3 is 0 Å². The molecule has 4 rings (SSSR count). The fourth-order valence-electron chi connectivity index (χ4n) is 3.28. The summed E-state index contributed by atoms with van der Waals surface area (Å²) in [7, 11) is 1.60. The third kappa shape index (κ3) is 5.08. The molecular weight excluding hydrogens is 402 g/mol. The maximum Gasteiger partial charge on any atom is 0.266 e. The molecule has 0 saturated carbocycles. The molecule has 2 aromatic carbocycles. The highest BCUT2D eigenvalue weighted by molar-refractivity contribution is 7.22. The quantitative estimate of drug-likeness (QED) is 0.551. The Morgan fingerprint density at radius 1 is 1.17 bits per heavy atom. The Bertz CT molecular complexity index is 954. The van der Waals surface area contributed by atoms with Gasteiger partial charge in [0, 0.05) is 32.2 Å². The Labute approximate surface area is 179 Å². The fraction of sp³-hybridized carbons (Fsp3) is 0.364. The Kier molecular flexibility index (Phi) is 6.78. The molecule has 1 fully saturated rings. The second kappa shape index (κ2) is 9.88. The largest absolute Gasteiger partial charge is 0.497 e. The molecule has 0 spiro atoms. The summed E-state index contributed by atoms with van der Waals surface area (Å²) in [5.74, 6) is 1.17. The van der Waals surface area contributed by atoms with Gasteiger partial charge in [-0.2, -0.15) is 0 Å². The van der Waals surface area contributed by atoms with Crippen molar-refractivity contribution in [3.05, 3.63) is 48.5 Å². The van der Waals surface area contributed by atoms with Gasteiger partial charge in [-0.25, -0.2) is 4.98 Å². The highest BCUT2D eigenvalue weighted by Crippen LogP contribution is 2.29. The molecule has 1 aromatic heterocycles. The minimum atomic E-state index is -0.120. The van der Waals surface area contributed by atoms with Crippen LogP contribution in [0.15, 0.2) is 48.5 Å². The molecule has 0 atom stereocenters. The van der Waals surface area contributed by atoms with Gasteiger partial charge in [-0.15, -0.1) is 0 Å². The lowest BCUT2D eigenvalue weighted by atomic mass is 10.3. The number of carbonyl (C=O) groups excluding carboxylic acids is 1. The van der Waals surface area contributed by atoms with Crippen LogP contribution in [-0.4, -0.2) is 68.9 Å². The van der Waals surface area contributed by atoms with Crippen molar-refractivity contribution in [2.75, 3.05) is 58.0 Å². The summed E-state index contributed by atoms with van der Waals surface area (Å²) in [5, 5.41) is 0.698. The number of aromatic nitrogens is 1. The van der Waals surface area contributed by atoms with Crippen LogP contribution in [0.5, 0.6) is 11.5 Å². The predicted molar refractivity (Wildman–Crippen MR) is 118 cm³/mol. The Hall–Kier alpha value is -2.68. The van der Waals surface area contributed by atoms with Gasteiger partial charge < -0.3 is 14.2 Å². The lowest BCUT2D eigenvalue weighted by Gasteiger charge is -2.29. The van der Waals surface area contributed by atoms with Crippen LogP contribution in [0.25, 0.3) is 10.2 Å². The van der Waals surface area contributed by atoms with Gasteiger partial charge in [0.1, 0.15) is 11.5 Å². The zero-order valence-corrected chi connectivity index (χ0v) is 17.8. The van der Waals surface area contributed by atoms with Gasteiger partial charge in [0.25, 0.3) is 5.91 Å². The van der Waals surface area contributed by atoms with Crippen molar-refractivity contribution < 1.29 is 19.0 Å². The van der Waals surface area contributed by atoms with E-state index in [1.54, 1.807) is 18.1 Å². The Morgan fingerprint density at radius 3 is 2.77 bits per heavy atom. The second-order valence-corrected chi connectivity index (χ2v) is 7.94. The maximum absolute atomic E-state index is 13.1. The van der Waals surface area contributed by atoms with Crippen molar-refractivity contribution >= 4 is 32.6 Å². The van der Waals surface area contributed by atoms with E-state index in [-0.39, 0.29) is 12.5 Å². The molecule has 0 bridgehead atoms. The number of amides is 1. The summed E-state index contributed by atoms with van der Waals surface area (Å²) in [6.45, 7) is 4.48. The van der Waals surface area contributed by atoms with Crippen molar-refractivity contribution in [3.8, 4) is 11.5 Å². The number of carbonyl (C=O) groups is 1. The van der Waals surface area contributed by atoms with E-state index >= 15 is 0 Å². The van der Waals surface area contributed by atoms with Crippen LogP contribution in [-0.2, 0) is 9.53 Å². The van der Waals surface area contributed by atoms with Crippen LogP contribution in [0.1, 0.15) is 0 Å². The average molecular weight is 428 g/mol. The van der Waals surface area contributed by atoms with Crippen molar-refractivity contribution in [1.29, 1.82) is 0 Å². The van der Waals surface area contributed by atoms with Crippen molar-refractivity contribution in [3.63, 3.8) is 0 Å². The van der Waals surface area contributed by atoms with Gasteiger partial charge in [0.2, 0.25) is 0 Å². The fourth-order valence-corrected chi connectivity index (χ4v) is 4.29. The minimum absolute atomic E-state index is 0.0633. The zero-order chi connectivity index (χ0) is 20.8. The van der Waals surface area contributed by atoms with Gasteiger partial charge in [-0.1, -0.05) is 29.5 Å². The average Bonchev–Trinajstić information content (AvgIpc) is 3.22. The standard InChI is InChI=1S/C22H25N3O4S/c1-27-17-5-4-6-18(15-17)29-16-21(26)25(10-9-24-11-13-28-14-12-24)22-23-19-7-2-3-8-20(19)30-22/h2-8,15H,9-14,16H2,1H3. The molecule has 158 valence electrons. The number of benzene rings is 2. The van der Waals surface area contributed by atoms with Crippen molar-refractivity contribution in [1.82, 2.24) is 9.88 Å².